The van der Waals surface area contributed by atoms with Crippen molar-refractivity contribution in [2.45, 2.75) is 40.5 Å². The van der Waals surface area contributed by atoms with Gasteiger partial charge in [-0.1, -0.05) is 64.1 Å². The van der Waals surface area contributed by atoms with Gasteiger partial charge in [-0.25, -0.2) is 0 Å². The van der Waals surface area contributed by atoms with Crippen LogP contribution in [0.2, 0.25) is 0 Å². The first-order valence-electron chi connectivity index (χ1n) is 5.71. The largest absolute Gasteiger partial charge is 0.0804 e. The number of hydrogen-bond acceptors (Lipinski definition) is 0. The zero-order valence-electron chi connectivity index (χ0n) is 9.88. The summed E-state index contributed by atoms with van der Waals surface area (Å²) >= 11 is 0. The Hall–Kier alpha value is -1.04. The molecule has 1 aromatic rings. The summed E-state index contributed by atoms with van der Waals surface area (Å²) in [5.41, 5.74) is 2.91. The minimum Gasteiger partial charge on any atom is -0.0804 e. The number of hydrogen-bond donors (Lipinski definition) is 0. The van der Waals surface area contributed by atoms with E-state index < -0.39 is 0 Å². The van der Waals surface area contributed by atoms with Gasteiger partial charge in [-0.05, 0) is 24.0 Å². The molecule has 0 spiro atoms. The highest BCUT2D eigenvalue weighted by molar-refractivity contribution is 5.69. The van der Waals surface area contributed by atoms with Gasteiger partial charge in [0.05, 0.1) is 0 Å². The van der Waals surface area contributed by atoms with Crippen LogP contribution in [0.1, 0.15) is 46.1 Å². The maximum atomic E-state index is 2.30. The molecule has 14 heavy (non-hydrogen) atoms. The Morgan fingerprint density at radius 3 is 1.71 bits per heavy atom. The molecule has 0 bridgehead atoms. The monoisotopic (exact) mass is 190 g/mol. The molecule has 78 valence electrons. The summed E-state index contributed by atoms with van der Waals surface area (Å²) in [4.78, 5) is 0. The van der Waals surface area contributed by atoms with Crippen molar-refractivity contribution in [2.75, 3.05) is 0 Å². The smallest absolute Gasteiger partial charge is 0.0228 e. The van der Waals surface area contributed by atoms with Crippen LogP contribution in [-0.4, -0.2) is 0 Å². The molecule has 0 saturated carbocycles. The van der Waals surface area contributed by atoms with Gasteiger partial charge in [0.25, 0.3) is 0 Å². The van der Waals surface area contributed by atoms with Crippen molar-refractivity contribution in [2.24, 2.45) is 0 Å². The zero-order chi connectivity index (χ0) is 10.8. The first-order valence-corrected chi connectivity index (χ1v) is 5.71. The molecule has 0 nitrogen and oxygen atoms in total. The molecule has 1 aliphatic rings. The molecule has 0 unspecified atom stereocenters. The van der Waals surface area contributed by atoms with Crippen LogP contribution in [0.15, 0.2) is 36.4 Å². The third kappa shape index (κ3) is 3.78. The third-order valence-corrected chi connectivity index (χ3v) is 1.95. The van der Waals surface area contributed by atoms with E-state index in [2.05, 4.69) is 36.4 Å². The first kappa shape index (κ1) is 13.0. The molecule has 0 aliphatic heterocycles. The van der Waals surface area contributed by atoms with Crippen molar-refractivity contribution < 1.29 is 0 Å². The summed E-state index contributed by atoms with van der Waals surface area (Å²) in [7, 11) is 0. The SMILES string of the molecule is C1=C(c2ccccc2)CC1.CC.CC. The van der Waals surface area contributed by atoms with Crippen molar-refractivity contribution in [3.63, 3.8) is 0 Å². The molecule has 0 N–H and O–H groups in total. The van der Waals surface area contributed by atoms with E-state index in [-0.39, 0.29) is 0 Å². The van der Waals surface area contributed by atoms with Crippen molar-refractivity contribution in [3.05, 3.63) is 42.0 Å². The molecule has 0 heterocycles. The van der Waals surface area contributed by atoms with Crippen LogP contribution in [-0.2, 0) is 0 Å². The molecule has 1 aliphatic carbocycles. The van der Waals surface area contributed by atoms with E-state index in [1.54, 1.807) is 0 Å². The summed E-state index contributed by atoms with van der Waals surface area (Å²) in [6.07, 6.45) is 4.84. The maximum Gasteiger partial charge on any atom is -0.0228 e. The third-order valence-electron chi connectivity index (χ3n) is 1.95. The average Bonchev–Trinajstić information content (AvgIpc) is 2.23. The van der Waals surface area contributed by atoms with E-state index in [9.17, 15) is 0 Å². The van der Waals surface area contributed by atoms with Crippen LogP contribution < -0.4 is 0 Å². The van der Waals surface area contributed by atoms with Crippen molar-refractivity contribution >= 4 is 5.57 Å². The summed E-state index contributed by atoms with van der Waals surface area (Å²) in [5.74, 6) is 0. The second-order valence-electron chi connectivity index (χ2n) is 2.63. The molecular weight excluding hydrogens is 168 g/mol. The lowest BCUT2D eigenvalue weighted by Gasteiger charge is -2.13. The molecule has 0 atom stereocenters. The van der Waals surface area contributed by atoms with Crippen LogP contribution in [0.5, 0.6) is 0 Å². The number of benzene rings is 1. The van der Waals surface area contributed by atoms with Crippen molar-refractivity contribution in [1.29, 1.82) is 0 Å². The number of allylic oxidation sites excluding steroid dienone is 2. The minimum absolute atomic E-state index is 1.27. The van der Waals surface area contributed by atoms with E-state index >= 15 is 0 Å². The maximum absolute atomic E-state index is 2.30. The summed E-state index contributed by atoms with van der Waals surface area (Å²) in [5, 5.41) is 0. The Morgan fingerprint density at radius 1 is 0.857 bits per heavy atom. The van der Waals surface area contributed by atoms with E-state index in [1.807, 2.05) is 27.7 Å². The molecule has 0 saturated heterocycles. The lowest BCUT2D eigenvalue weighted by atomic mass is 9.92. The van der Waals surface area contributed by atoms with Gasteiger partial charge in [0.2, 0.25) is 0 Å². The normalized spacial score (nSPS) is 12.1. The molecular formula is C14H22. The van der Waals surface area contributed by atoms with Crippen LogP contribution in [0.3, 0.4) is 0 Å². The predicted molar refractivity (Wildman–Crippen MR) is 66.3 cm³/mol. The van der Waals surface area contributed by atoms with E-state index in [1.165, 1.54) is 24.0 Å². The van der Waals surface area contributed by atoms with Crippen LogP contribution in [0, 0.1) is 0 Å². The first-order chi connectivity index (χ1) is 6.97. The molecule has 0 radical (unpaired) electrons. The molecule has 2 rings (SSSR count). The quantitative estimate of drug-likeness (QED) is 0.590. The Kier molecular flexibility index (Phi) is 7.92. The van der Waals surface area contributed by atoms with Gasteiger partial charge in [0.1, 0.15) is 0 Å². The highest BCUT2D eigenvalue weighted by atomic mass is 14.1. The van der Waals surface area contributed by atoms with Gasteiger partial charge in [-0.3, -0.25) is 0 Å². The standard InChI is InChI=1S/C10H10.2C2H6/c1-2-5-9(6-3-1)10-7-4-8-10;2*1-2/h1-3,5-7H,4,8H2;2*1-2H3. The molecule has 1 aromatic carbocycles. The summed E-state index contributed by atoms with van der Waals surface area (Å²) in [6, 6.07) is 10.6. The average molecular weight is 190 g/mol. The lowest BCUT2D eigenvalue weighted by molar-refractivity contribution is 0.988. The van der Waals surface area contributed by atoms with Crippen molar-refractivity contribution in [3.8, 4) is 0 Å². The van der Waals surface area contributed by atoms with Crippen LogP contribution >= 0.6 is 0 Å². The number of rotatable bonds is 1. The summed E-state index contributed by atoms with van der Waals surface area (Å²) < 4.78 is 0. The van der Waals surface area contributed by atoms with Gasteiger partial charge < -0.3 is 0 Å². The Balaban J connectivity index is 0.000000379. The topological polar surface area (TPSA) is 0 Å². The fourth-order valence-corrected chi connectivity index (χ4v) is 1.20. The van der Waals surface area contributed by atoms with Gasteiger partial charge >= 0.3 is 0 Å². The highest BCUT2D eigenvalue weighted by Crippen LogP contribution is 2.27. The van der Waals surface area contributed by atoms with Crippen LogP contribution in [0.4, 0.5) is 0 Å². The van der Waals surface area contributed by atoms with Gasteiger partial charge in [-0.2, -0.15) is 0 Å². The second-order valence-corrected chi connectivity index (χ2v) is 2.63. The highest BCUT2D eigenvalue weighted by Gasteiger charge is 2.05. The molecule has 0 fully saturated rings. The van der Waals surface area contributed by atoms with E-state index in [4.69, 9.17) is 0 Å². The van der Waals surface area contributed by atoms with E-state index in [0.29, 0.717) is 0 Å². The molecule has 0 heteroatoms. The lowest BCUT2D eigenvalue weighted by Crippen LogP contribution is -1.91. The fraction of sp³-hybridized carbons (Fsp3) is 0.429. The zero-order valence-corrected chi connectivity index (χ0v) is 9.88. The van der Waals surface area contributed by atoms with Gasteiger partial charge in [0.15, 0.2) is 0 Å². The van der Waals surface area contributed by atoms with Crippen LogP contribution in [0.25, 0.3) is 5.57 Å². The fourth-order valence-electron chi connectivity index (χ4n) is 1.20. The summed E-state index contributed by atoms with van der Waals surface area (Å²) in [6.45, 7) is 8.00. The van der Waals surface area contributed by atoms with Gasteiger partial charge in [0, 0.05) is 0 Å². The Labute approximate surface area is 88.7 Å². The molecule has 0 amide bonds. The molecule has 0 aromatic heterocycles. The van der Waals surface area contributed by atoms with E-state index in [0.717, 1.165) is 0 Å². The van der Waals surface area contributed by atoms with Gasteiger partial charge in [-0.15, -0.1) is 0 Å². The minimum atomic E-state index is 1.27. The Morgan fingerprint density at radius 2 is 1.36 bits per heavy atom. The second kappa shape index (κ2) is 8.55. The predicted octanol–water partition coefficient (Wildman–Crippen LogP) is 4.92. The Bertz CT molecular complexity index is 244. The van der Waals surface area contributed by atoms with Crippen molar-refractivity contribution in [1.82, 2.24) is 0 Å².